The van der Waals surface area contributed by atoms with Crippen LogP contribution in [0.15, 0.2) is 29.1 Å². The van der Waals surface area contributed by atoms with Gasteiger partial charge < -0.3 is 5.32 Å². The van der Waals surface area contributed by atoms with E-state index in [1.807, 2.05) is 6.92 Å². The second-order valence-electron chi connectivity index (χ2n) is 4.36. The molecule has 0 atom stereocenters. The van der Waals surface area contributed by atoms with Crippen LogP contribution in [0.3, 0.4) is 0 Å². The lowest BCUT2D eigenvalue weighted by Gasteiger charge is -2.12. The van der Waals surface area contributed by atoms with Crippen LogP contribution in [-0.2, 0) is 6.54 Å². The summed E-state index contributed by atoms with van der Waals surface area (Å²) in [6.07, 6.45) is 0. The number of rotatable bonds is 4. The van der Waals surface area contributed by atoms with Gasteiger partial charge in [-0.3, -0.25) is 4.79 Å². The van der Waals surface area contributed by atoms with E-state index in [4.69, 9.17) is 0 Å². The second-order valence-corrected chi connectivity index (χ2v) is 4.36. The standard InChI is InChI=1S/C14H15F2N3O/c1-3-17-8-12-13(20)7-9(2)19(18-12)14-10(15)5-4-6-11(14)16/h4-7,17H,3,8H2,1-2H3. The molecule has 6 heteroatoms. The number of para-hydroxylation sites is 1. The molecule has 0 spiro atoms. The third-order valence-electron chi connectivity index (χ3n) is 2.87. The molecule has 0 bridgehead atoms. The van der Waals surface area contributed by atoms with Crippen LogP contribution in [0.1, 0.15) is 18.3 Å². The molecule has 0 saturated heterocycles. The normalized spacial score (nSPS) is 10.8. The molecule has 1 heterocycles. The Morgan fingerprint density at radius 3 is 2.55 bits per heavy atom. The number of nitrogens with one attached hydrogen (secondary N) is 1. The lowest BCUT2D eigenvalue weighted by molar-refractivity contribution is 0.549. The highest BCUT2D eigenvalue weighted by Gasteiger charge is 2.14. The van der Waals surface area contributed by atoms with Gasteiger partial charge in [0.25, 0.3) is 0 Å². The molecular weight excluding hydrogens is 264 g/mol. The molecule has 2 aromatic rings. The van der Waals surface area contributed by atoms with Crippen molar-refractivity contribution in [3.63, 3.8) is 0 Å². The minimum absolute atomic E-state index is 0.222. The number of aromatic nitrogens is 2. The molecule has 20 heavy (non-hydrogen) atoms. The van der Waals surface area contributed by atoms with Crippen molar-refractivity contribution in [2.24, 2.45) is 0 Å². The number of aryl methyl sites for hydroxylation is 1. The Morgan fingerprint density at radius 2 is 1.95 bits per heavy atom. The van der Waals surface area contributed by atoms with Crippen molar-refractivity contribution in [3.05, 3.63) is 57.5 Å². The van der Waals surface area contributed by atoms with Crippen LogP contribution in [0, 0.1) is 18.6 Å². The van der Waals surface area contributed by atoms with Crippen molar-refractivity contribution in [1.82, 2.24) is 15.1 Å². The van der Waals surface area contributed by atoms with Crippen molar-refractivity contribution in [2.45, 2.75) is 20.4 Å². The second kappa shape index (κ2) is 5.92. The number of nitrogens with zero attached hydrogens (tertiary/aromatic N) is 2. The highest BCUT2D eigenvalue weighted by molar-refractivity contribution is 5.36. The summed E-state index contributed by atoms with van der Waals surface area (Å²) in [5.41, 5.74) is 0.0681. The first kappa shape index (κ1) is 14.3. The van der Waals surface area contributed by atoms with E-state index in [0.717, 1.165) is 16.8 Å². The van der Waals surface area contributed by atoms with Crippen LogP contribution < -0.4 is 10.7 Å². The summed E-state index contributed by atoms with van der Waals surface area (Å²) in [5.74, 6) is -1.45. The molecule has 0 aliphatic rings. The zero-order chi connectivity index (χ0) is 14.7. The Balaban J connectivity index is 2.59. The maximum absolute atomic E-state index is 13.8. The quantitative estimate of drug-likeness (QED) is 0.930. The van der Waals surface area contributed by atoms with Gasteiger partial charge in [-0.15, -0.1) is 0 Å². The maximum atomic E-state index is 13.8. The summed E-state index contributed by atoms with van der Waals surface area (Å²) in [4.78, 5) is 11.8. The summed E-state index contributed by atoms with van der Waals surface area (Å²) in [6, 6.07) is 4.92. The van der Waals surface area contributed by atoms with E-state index in [9.17, 15) is 13.6 Å². The van der Waals surface area contributed by atoms with Crippen molar-refractivity contribution >= 4 is 0 Å². The van der Waals surface area contributed by atoms with Crippen LogP contribution in [0.2, 0.25) is 0 Å². The lowest BCUT2D eigenvalue weighted by atomic mass is 10.2. The first-order valence-corrected chi connectivity index (χ1v) is 6.29. The number of hydrogen-bond donors (Lipinski definition) is 1. The average Bonchev–Trinajstić information content (AvgIpc) is 2.39. The average molecular weight is 279 g/mol. The molecule has 1 N–H and O–H groups in total. The van der Waals surface area contributed by atoms with E-state index in [0.29, 0.717) is 12.2 Å². The largest absolute Gasteiger partial charge is 0.311 e. The van der Waals surface area contributed by atoms with Gasteiger partial charge in [-0.25, -0.2) is 13.5 Å². The summed E-state index contributed by atoms with van der Waals surface area (Å²) >= 11 is 0. The van der Waals surface area contributed by atoms with Gasteiger partial charge in [0, 0.05) is 18.3 Å². The molecule has 1 aromatic carbocycles. The van der Waals surface area contributed by atoms with Gasteiger partial charge in [0.2, 0.25) is 5.43 Å². The molecule has 0 amide bonds. The van der Waals surface area contributed by atoms with Gasteiger partial charge in [-0.05, 0) is 25.6 Å². The molecule has 106 valence electrons. The predicted octanol–water partition coefficient (Wildman–Crippen LogP) is 1.93. The van der Waals surface area contributed by atoms with Crippen LogP contribution in [0.5, 0.6) is 0 Å². The van der Waals surface area contributed by atoms with Gasteiger partial charge >= 0.3 is 0 Å². The number of hydrogen-bond acceptors (Lipinski definition) is 3. The fraction of sp³-hybridized carbons (Fsp3) is 0.286. The predicted molar refractivity (Wildman–Crippen MR) is 71.9 cm³/mol. The zero-order valence-electron chi connectivity index (χ0n) is 11.3. The molecule has 4 nitrogen and oxygen atoms in total. The molecule has 0 unspecified atom stereocenters. The Bertz CT molecular complexity index is 662. The monoisotopic (exact) mass is 279 g/mol. The van der Waals surface area contributed by atoms with Crippen LogP contribution in [-0.4, -0.2) is 16.3 Å². The Labute approximate surface area is 115 Å². The lowest BCUT2D eigenvalue weighted by Crippen LogP contribution is -2.25. The third kappa shape index (κ3) is 2.75. The highest BCUT2D eigenvalue weighted by atomic mass is 19.1. The molecule has 2 rings (SSSR count). The fourth-order valence-corrected chi connectivity index (χ4v) is 1.87. The molecule has 0 fully saturated rings. The summed E-state index contributed by atoms with van der Waals surface area (Å²) in [7, 11) is 0. The smallest absolute Gasteiger partial charge is 0.204 e. The molecule has 0 radical (unpaired) electrons. The fourth-order valence-electron chi connectivity index (χ4n) is 1.87. The zero-order valence-corrected chi connectivity index (χ0v) is 11.3. The van der Waals surface area contributed by atoms with E-state index in [2.05, 4.69) is 10.4 Å². The van der Waals surface area contributed by atoms with Crippen molar-refractivity contribution in [1.29, 1.82) is 0 Å². The van der Waals surface area contributed by atoms with Crippen LogP contribution in [0.4, 0.5) is 8.78 Å². The van der Waals surface area contributed by atoms with Crippen LogP contribution in [0.25, 0.3) is 5.69 Å². The molecular formula is C14H15F2N3O. The van der Waals surface area contributed by atoms with Crippen molar-refractivity contribution in [3.8, 4) is 5.69 Å². The first-order chi connectivity index (χ1) is 9.54. The molecule has 0 saturated carbocycles. The minimum Gasteiger partial charge on any atom is -0.311 e. The Kier molecular flexibility index (Phi) is 4.24. The Hall–Kier alpha value is -2.08. The molecule has 1 aromatic heterocycles. The van der Waals surface area contributed by atoms with Gasteiger partial charge in [0.1, 0.15) is 11.4 Å². The summed E-state index contributed by atoms with van der Waals surface area (Å²) in [6.45, 7) is 4.40. The van der Waals surface area contributed by atoms with E-state index in [1.54, 1.807) is 6.92 Å². The SMILES string of the molecule is CCNCc1nn(-c2c(F)cccc2F)c(C)cc1=O. The summed E-state index contributed by atoms with van der Waals surface area (Å²) in [5, 5.41) is 7.03. The third-order valence-corrected chi connectivity index (χ3v) is 2.87. The Morgan fingerprint density at radius 1 is 1.30 bits per heavy atom. The number of benzene rings is 1. The number of halogens is 2. The van der Waals surface area contributed by atoms with Gasteiger partial charge in [-0.1, -0.05) is 13.0 Å². The minimum atomic E-state index is -0.723. The van der Waals surface area contributed by atoms with E-state index in [1.165, 1.54) is 12.1 Å². The summed E-state index contributed by atoms with van der Waals surface area (Å²) < 4.78 is 28.7. The van der Waals surface area contributed by atoms with E-state index < -0.39 is 11.6 Å². The van der Waals surface area contributed by atoms with E-state index in [-0.39, 0.29) is 23.4 Å². The topological polar surface area (TPSA) is 46.9 Å². The van der Waals surface area contributed by atoms with Crippen molar-refractivity contribution in [2.75, 3.05) is 6.54 Å². The van der Waals surface area contributed by atoms with Crippen molar-refractivity contribution < 1.29 is 8.78 Å². The molecule has 0 aliphatic heterocycles. The van der Waals surface area contributed by atoms with Crippen LogP contribution >= 0.6 is 0 Å². The van der Waals surface area contributed by atoms with Gasteiger partial charge in [-0.2, -0.15) is 5.10 Å². The highest BCUT2D eigenvalue weighted by Crippen LogP contribution is 2.17. The first-order valence-electron chi connectivity index (χ1n) is 6.29. The van der Waals surface area contributed by atoms with Gasteiger partial charge in [0.05, 0.1) is 0 Å². The maximum Gasteiger partial charge on any atom is 0.204 e. The van der Waals surface area contributed by atoms with Gasteiger partial charge in [0.15, 0.2) is 11.6 Å². The van der Waals surface area contributed by atoms with E-state index >= 15 is 0 Å². The molecule has 0 aliphatic carbocycles.